The average Bonchev–Trinajstić information content (AvgIpc) is 3.02. The predicted octanol–water partition coefficient (Wildman–Crippen LogP) is 3.45. The van der Waals surface area contributed by atoms with Gasteiger partial charge in [0.05, 0.1) is 10.8 Å². The fraction of sp³-hybridized carbons (Fsp3) is 0.300. The van der Waals surface area contributed by atoms with Gasteiger partial charge in [-0.1, -0.05) is 53.2 Å². The molecule has 0 amide bonds. The van der Waals surface area contributed by atoms with Crippen molar-refractivity contribution in [3.8, 4) is 11.4 Å². The summed E-state index contributed by atoms with van der Waals surface area (Å²) in [7, 11) is -3.52. The summed E-state index contributed by atoms with van der Waals surface area (Å²) < 4.78 is 32.9. The van der Waals surface area contributed by atoms with Crippen molar-refractivity contribution < 1.29 is 12.9 Å². The fourth-order valence-corrected chi connectivity index (χ4v) is 5.54. The van der Waals surface area contributed by atoms with Gasteiger partial charge in [-0.05, 0) is 31.9 Å². The van der Waals surface area contributed by atoms with E-state index in [0.717, 1.165) is 22.3 Å². The highest BCUT2D eigenvalue weighted by molar-refractivity contribution is 7.89. The van der Waals surface area contributed by atoms with Crippen LogP contribution in [0.25, 0.3) is 11.4 Å². The van der Waals surface area contributed by atoms with Crippen molar-refractivity contribution >= 4 is 10.0 Å². The van der Waals surface area contributed by atoms with Crippen LogP contribution in [-0.2, 0) is 10.0 Å². The number of hydrogen-bond donors (Lipinski definition) is 0. The van der Waals surface area contributed by atoms with E-state index in [1.807, 2.05) is 63.2 Å². The first kappa shape index (κ1) is 17.9. The topological polar surface area (TPSA) is 76.3 Å². The Kier molecular flexibility index (Phi) is 4.36. The maximum Gasteiger partial charge on any atom is 0.243 e. The minimum Gasteiger partial charge on any atom is -0.339 e. The first-order valence-corrected chi connectivity index (χ1v) is 10.3. The molecule has 1 aliphatic heterocycles. The van der Waals surface area contributed by atoms with Crippen LogP contribution >= 0.6 is 0 Å². The van der Waals surface area contributed by atoms with E-state index in [1.165, 1.54) is 4.31 Å². The van der Waals surface area contributed by atoms with Gasteiger partial charge in [-0.2, -0.15) is 9.29 Å². The lowest BCUT2D eigenvalue weighted by atomic mass is 10.0. The second kappa shape index (κ2) is 6.58. The highest BCUT2D eigenvalue weighted by atomic mass is 32.2. The predicted molar refractivity (Wildman–Crippen MR) is 102 cm³/mol. The summed E-state index contributed by atoms with van der Waals surface area (Å²) in [5.74, 6) is 0.936. The van der Waals surface area contributed by atoms with E-state index in [0.29, 0.717) is 29.7 Å². The second-order valence-corrected chi connectivity index (χ2v) is 8.94. The molecule has 1 fully saturated rings. The first-order valence-electron chi connectivity index (χ1n) is 8.83. The molecular formula is C20H21N3O3S. The van der Waals surface area contributed by atoms with Crippen LogP contribution in [0.4, 0.5) is 0 Å². The molecule has 0 saturated carbocycles. The van der Waals surface area contributed by atoms with Crippen LogP contribution in [-0.4, -0.2) is 36.0 Å². The summed E-state index contributed by atoms with van der Waals surface area (Å²) >= 11 is 0. The molecule has 0 atom stereocenters. The van der Waals surface area contributed by atoms with Crippen LogP contribution in [0.5, 0.6) is 0 Å². The molecule has 0 bridgehead atoms. The smallest absolute Gasteiger partial charge is 0.243 e. The van der Waals surface area contributed by atoms with Gasteiger partial charge in [0.15, 0.2) is 0 Å². The number of aromatic nitrogens is 2. The Bertz CT molecular complexity index is 1060. The molecule has 0 radical (unpaired) electrons. The number of hydrogen-bond acceptors (Lipinski definition) is 5. The zero-order chi connectivity index (χ0) is 19.2. The van der Waals surface area contributed by atoms with Crippen LogP contribution in [0.2, 0.25) is 0 Å². The van der Waals surface area contributed by atoms with Gasteiger partial charge in [0.1, 0.15) is 0 Å². The maximum atomic E-state index is 13.0. The van der Waals surface area contributed by atoms with E-state index in [2.05, 4.69) is 10.1 Å². The molecule has 0 N–H and O–H groups in total. The summed E-state index contributed by atoms with van der Waals surface area (Å²) in [6, 6.07) is 13.4. The fourth-order valence-electron chi connectivity index (χ4n) is 3.60. The van der Waals surface area contributed by atoms with Crippen molar-refractivity contribution in [1.82, 2.24) is 14.4 Å². The molecule has 0 aliphatic carbocycles. The first-order chi connectivity index (χ1) is 12.9. The molecular weight excluding hydrogens is 362 g/mol. The number of rotatable bonds is 4. The van der Waals surface area contributed by atoms with E-state index < -0.39 is 10.0 Å². The summed E-state index contributed by atoms with van der Waals surface area (Å²) in [4.78, 5) is 4.84. The van der Waals surface area contributed by atoms with E-state index in [1.54, 1.807) is 0 Å². The van der Waals surface area contributed by atoms with E-state index in [4.69, 9.17) is 4.52 Å². The van der Waals surface area contributed by atoms with Crippen molar-refractivity contribution in [2.75, 3.05) is 13.1 Å². The van der Waals surface area contributed by atoms with Gasteiger partial charge in [0.2, 0.25) is 21.7 Å². The molecule has 0 unspecified atom stereocenters. The third-order valence-electron chi connectivity index (χ3n) is 4.87. The molecule has 140 valence electrons. The zero-order valence-corrected chi connectivity index (χ0v) is 16.3. The Morgan fingerprint density at radius 2 is 1.67 bits per heavy atom. The maximum absolute atomic E-state index is 13.0. The molecule has 27 heavy (non-hydrogen) atoms. The zero-order valence-electron chi connectivity index (χ0n) is 15.5. The molecule has 1 aromatic heterocycles. The van der Waals surface area contributed by atoms with E-state index in [-0.39, 0.29) is 5.92 Å². The quantitative estimate of drug-likeness (QED) is 0.690. The molecule has 2 heterocycles. The monoisotopic (exact) mass is 383 g/mol. The van der Waals surface area contributed by atoms with Crippen LogP contribution < -0.4 is 0 Å². The standard InChI is InChI=1S/C20H21N3O3S/c1-13-9-14(2)18(15(3)10-13)27(24,25)23-11-17(12-23)20-21-19(22-26-20)16-7-5-4-6-8-16/h4-10,17H,11-12H2,1-3H3. The number of sulfonamides is 1. The van der Waals surface area contributed by atoms with Gasteiger partial charge < -0.3 is 4.52 Å². The third-order valence-corrected chi connectivity index (χ3v) is 7.01. The summed E-state index contributed by atoms with van der Waals surface area (Å²) in [5, 5.41) is 4.02. The molecule has 6 nitrogen and oxygen atoms in total. The Balaban J connectivity index is 1.52. The molecule has 7 heteroatoms. The Labute approximate surface area is 158 Å². The molecule has 1 aliphatic rings. The normalized spacial score (nSPS) is 15.7. The van der Waals surface area contributed by atoms with Crippen molar-refractivity contribution in [2.24, 2.45) is 0 Å². The van der Waals surface area contributed by atoms with Crippen LogP contribution in [0.3, 0.4) is 0 Å². The number of benzene rings is 2. The largest absolute Gasteiger partial charge is 0.339 e. The molecule has 2 aromatic carbocycles. The lowest BCUT2D eigenvalue weighted by molar-refractivity contribution is 0.216. The van der Waals surface area contributed by atoms with Crippen LogP contribution in [0.1, 0.15) is 28.5 Å². The summed E-state index contributed by atoms with van der Waals surface area (Å²) in [6.07, 6.45) is 0. The van der Waals surface area contributed by atoms with Crippen molar-refractivity contribution in [3.63, 3.8) is 0 Å². The SMILES string of the molecule is Cc1cc(C)c(S(=O)(=O)N2CC(c3nc(-c4ccccc4)no3)C2)c(C)c1. The third kappa shape index (κ3) is 3.17. The van der Waals surface area contributed by atoms with Gasteiger partial charge in [0, 0.05) is 18.7 Å². The lowest BCUT2D eigenvalue weighted by Crippen LogP contribution is -2.48. The molecule has 4 rings (SSSR count). The van der Waals surface area contributed by atoms with Gasteiger partial charge in [-0.3, -0.25) is 0 Å². The van der Waals surface area contributed by atoms with Gasteiger partial charge in [0.25, 0.3) is 0 Å². The van der Waals surface area contributed by atoms with E-state index in [9.17, 15) is 8.42 Å². The van der Waals surface area contributed by atoms with Gasteiger partial charge in [-0.25, -0.2) is 8.42 Å². The second-order valence-electron chi connectivity index (χ2n) is 7.07. The highest BCUT2D eigenvalue weighted by Crippen LogP contribution is 2.34. The molecule has 1 saturated heterocycles. The molecule has 3 aromatic rings. The number of nitrogens with zero attached hydrogens (tertiary/aromatic N) is 3. The van der Waals surface area contributed by atoms with Crippen molar-refractivity contribution in [1.29, 1.82) is 0 Å². The van der Waals surface area contributed by atoms with Crippen LogP contribution in [0, 0.1) is 20.8 Å². The summed E-state index contributed by atoms with van der Waals surface area (Å²) in [6.45, 7) is 6.36. The Morgan fingerprint density at radius 3 is 2.30 bits per heavy atom. The lowest BCUT2D eigenvalue weighted by Gasteiger charge is -2.36. The minimum atomic E-state index is -3.52. The number of aryl methyl sites for hydroxylation is 3. The molecule has 0 spiro atoms. The summed E-state index contributed by atoms with van der Waals surface area (Å²) in [5.41, 5.74) is 3.49. The van der Waals surface area contributed by atoms with Gasteiger partial charge in [-0.15, -0.1) is 0 Å². The van der Waals surface area contributed by atoms with Gasteiger partial charge >= 0.3 is 0 Å². The Morgan fingerprint density at radius 1 is 1.04 bits per heavy atom. The van der Waals surface area contributed by atoms with Crippen LogP contribution in [0.15, 0.2) is 51.9 Å². The van der Waals surface area contributed by atoms with E-state index >= 15 is 0 Å². The highest BCUT2D eigenvalue weighted by Gasteiger charge is 2.41. The van der Waals surface area contributed by atoms with Crippen molar-refractivity contribution in [2.45, 2.75) is 31.6 Å². The average molecular weight is 383 g/mol. The Hall–Kier alpha value is -2.51. The van der Waals surface area contributed by atoms with Crippen molar-refractivity contribution in [3.05, 3.63) is 65.0 Å². The minimum absolute atomic E-state index is 0.0733.